The molecule has 29 heavy (non-hydrogen) atoms. The first-order valence-corrected chi connectivity index (χ1v) is 10.3. The van der Waals surface area contributed by atoms with E-state index < -0.39 is 5.97 Å². The van der Waals surface area contributed by atoms with E-state index in [1.807, 2.05) is 67.9 Å². The molecule has 0 fully saturated rings. The summed E-state index contributed by atoms with van der Waals surface area (Å²) in [6, 6.07) is 13.7. The number of aromatic nitrogens is 2. The minimum Gasteiger partial charge on any atom is -0.452 e. The van der Waals surface area contributed by atoms with Crippen LogP contribution in [0.4, 0.5) is 0 Å². The molecule has 0 spiro atoms. The van der Waals surface area contributed by atoms with Crippen molar-refractivity contribution in [2.45, 2.75) is 26.3 Å². The number of thiophene rings is 1. The second kappa shape index (κ2) is 9.84. The number of amides is 1. The minimum atomic E-state index is -0.575. The Morgan fingerprint density at radius 3 is 2.72 bits per heavy atom. The third-order valence-corrected chi connectivity index (χ3v) is 5.16. The molecule has 3 rings (SSSR count). The summed E-state index contributed by atoms with van der Waals surface area (Å²) in [5.41, 5.74) is 2.49. The maximum absolute atomic E-state index is 12.0. The van der Waals surface area contributed by atoms with E-state index in [2.05, 4.69) is 10.4 Å². The van der Waals surface area contributed by atoms with E-state index in [9.17, 15) is 9.59 Å². The summed E-state index contributed by atoms with van der Waals surface area (Å²) in [5.74, 6) is -0.883. The number of nitrogens with one attached hydrogen (secondary N) is 1. The molecule has 0 aliphatic carbocycles. The van der Waals surface area contributed by atoms with Crippen LogP contribution in [0.2, 0.25) is 0 Å². The van der Waals surface area contributed by atoms with Gasteiger partial charge in [-0.15, -0.1) is 11.3 Å². The van der Waals surface area contributed by atoms with Crippen LogP contribution in [0.3, 0.4) is 0 Å². The zero-order valence-electron chi connectivity index (χ0n) is 16.4. The average Bonchev–Trinajstić information content (AvgIpc) is 3.41. The van der Waals surface area contributed by atoms with E-state index in [1.54, 1.807) is 22.1 Å². The van der Waals surface area contributed by atoms with Crippen LogP contribution in [0.15, 0.2) is 60.1 Å². The van der Waals surface area contributed by atoms with Crippen molar-refractivity contribution in [2.75, 3.05) is 6.61 Å². The van der Waals surface area contributed by atoms with E-state index in [-0.39, 0.29) is 18.6 Å². The second-order valence-corrected chi connectivity index (χ2v) is 7.46. The number of benzene rings is 1. The first-order chi connectivity index (χ1) is 14.1. The van der Waals surface area contributed by atoms with Crippen molar-refractivity contribution in [1.82, 2.24) is 15.1 Å². The summed E-state index contributed by atoms with van der Waals surface area (Å²) in [4.78, 5) is 24.8. The normalized spacial score (nSPS) is 12.1. The van der Waals surface area contributed by atoms with Gasteiger partial charge in [0.15, 0.2) is 6.61 Å². The molecule has 2 aromatic heterocycles. The van der Waals surface area contributed by atoms with E-state index in [0.717, 1.165) is 28.2 Å². The number of para-hydroxylation sites is 1. The summed E-state index contributed by atoms with van der Waals surface area (Å²) in [7, 11) is 0. The van der Waals surface area contributed by atoms with Crippen molar-refractivity contribution in [3.8, 4) is 16.3 Å². The number of carbonyl (C=O) groups is 2. The molecule has 0 bridgehead atoms. The van der Waals surface area contributed by atoms with Gasteiger partial charge in [-0.3, -0.25) is 4.79 Å². The van der Waals surface area contributed by atoms with Gasteiger partial charge >= 0.3 is 5.97 Å². The van der Waals surface area contributed by atoms with Gasteiger partial charge in [-0.1, -0.05) is 31.2 Å². The smallest absolute Gasteiger partial charge is 0.331 e. The summed E-state index contributed by atoms with van der Waals surface area (Å²) in [6.45, 7) is 3.57. The number of esters is 1. The molecule has 1 unspecified atom stereocenters. The number of hydrogen-bond acceptors (Lipinski definition) is 5. The SMILES string of the molecule is CCC(C)NC(=O)COC(=O)C=Cc1cn(-c2ccccc2)nc1-c1cccs1. The quantitative estimate of drug-likeness (QED) is 0.450. The summed E-state index contributed by atoms with van der Waals surface area (Å²) in [6.07, 6.45) is 5.66. The lowest BCUT2D eigenvalue weighted by Crippen LogP contribution is -2.35. The lowest BCUT2D eigenvalue weighted by molar-refractivity contribution is -0.144. The Hall–Kier alpha value is -3.19. The Balaban J connectivity index is 1.73. The first kappa shape index (κ1) is 20.5. The summed E-state index contributed by atoms with van der Waals surface area (Å²) < 4.78 is 6.81. The lowest BCUT2D eigenvalue weighted by atomic mass is 10.2. The van der Waals surface area contributed by atoms with E-state index in [1.165, 1.54) is 6.08 Å². The Morgan fingerprint density at radius 2 is 2.03 bits per heavy atom. The van der Waals surface area contributed by atoms with Crippen molar-refractivity contribution in [2.24, 2.45) is 0 Å². The highest BCUT2D eigenvalue weighted by Gasteiger charge is 2.12. The Morgan fingerprint density at radius 1 is 1.24 bits per heavy atom. The Kier molecular flexibility index (Phi) is 6.97. The number of hydrogen-bond donors (Lipinski definition) is 1. The standard InChI is InChI=1S/C22H23N3O3S/c1-3-16(2)23-20(26)15-28-21(27)12-11-17-14-25(18-8-5-4-6-9-18)24-22(17)19-10-7-13-29-19/h4-14,16H,3,15H2,1-2H3,(H,23,26). The molecule has 7 heteroatoms. The van der Waals surface area contributed by atoms with Crippen LogP contribution in [0.25, 0.3) is 22.3 Å². The minimum absolute atomic E-state index is 0.0499. The molecule has 1 amide bonds. The summed E-state index contributed by atoms with van der Waals surface area (Å²) >= 11 is 1.58. The maximum Gasteiger partial charge on any atom is 0.331 e. The molecule has 0 radical (unpaired) electrons. The van der Waals surface area contributed by atoms with E-state index in [0.29, 0.717) is 0 Å². The fourth-order valence-electron chi connectivity index (χ4n) is 2.59. The predicted molar refractivity (Wildman–Crippen MR) is 115 cm³/mol. The van der Waals surface area contributed by atoms with Crippen molar-refractivity contribution >= 4 is 29.3 Å². The molecule has 2 heterocycles. The van der Waals surface area contributed by atoms with Crippen LogP contribution < -0.4 is 5.32 Å². The van der Waals surface area contributed by atoms with Gasteiger partial charge in [-0.25, -0.2) is 9.48 Å². The van der Waals surface area contributed by atoms with Crippen molar-refractivity contribution in [3.63, 3.8) is 0 Å². The van der Waals surface area contributed by atoms with Gasteiger partial charge in [-0.2, -0.15) is 5.10 Å². The molecule has 0 saturated carbocycles. The third-order valence-electron chi connectivity index (χ3n) is 4.28. The van der Waals surface area contributed by atoms with Crippen LogP contribution in [0, 0.1) is 0 Å². The molecule has 3 aromatic rings. The molecular formula is C22H23N3O3S. The van der Waals surface area contributed by atoms with Crippen LogP contribution in [-0.2, 0) is 14.3 Å². The topological polar surface area (TPSA) is 73.2 Å². The molecule has 0 aliphatic heterocycles. The largest absolute Gasteiger partial charge is 0.452 e. The van der Waals surface area contributed by atoms with Crippen molar-refractivity contribution in [1.29, 1.82) is 0 Å². The average molecular weight is 410 g/mol. The monoisotopic (exact) mass is 409 g/mol. The fourth-order valence-corrected chi connectivity index (χ4v) is 3.32. The highest BCUT2D eigenvalue weighted by atomic mass is 32.1. The van der Waals surface area contributed by atoms with Crippen molar-refractivity contribution in [3.05, 3.63) is 65.7 Å². The number of carbonyl (C=O) groups excluding carboxylic acids is 2. The zero-order chi connectivity index (χ0) is 20.6. The number of nitrogens with zero attached hydrogens (tertiary/aromatic N) is 2. The highest BCUT2D eigenvalue weighted by Crippen LogP contribution is 2.28. The molecule has 150 valence electrons. The molecular weight excluding hydrogens is 386 g/mol. The third kappa shape index (κ3) is 5.65. The van der Waals surface area contributed by atoms with Gasteiger partial charge in [0.05, 0.1) is 10.6 Å². The molecule has 6 nitrogen and oxygen atoms in total. The maximum atomic E-state index is 12.0. The molecule has 1 N–H and O–H groups in total. The lowest BCUT2D eigenvalue weighted by Gasteiger charge is -2.10. The predicted octanol–water partition coefficient (Wildman–Crippen LogP) is 4.07. The van der Waals surface area contributed by atoms with Gasteiger partial charge < -0.3 is 10.1 Å². The van der Waals surface area contributed by atoms with Gasteiger partial charge in [0.1, 0.15) is 5.69 Å². The molecule has 1 atom stereocenters. The number of rotatable bonds is 8. The first-order valence-electron chi connectivity index (χ1n) is 9.40. The molecule has 0 saturated heterocycles. The van der Waals surface area contributed by atoms with Crippen molar-refractivity contribution < 1.29 is 14.3 Å². The second-order valence-electron chi connectivity index (χ2n) is 6.51. The van der Waals surface area contributed by atoms with Gasteiger partial charge in [0.2, 0.25) is 0 Å². The van der Waals surface area contributed by atoms with Crippen LogP contribution in [0.1, 0.15) is 25.8 Å². The van der Waals surface area contributed by atoms with Gasteiger partial charge in [0.25, 0.3) is 5.91 Å². The highest BCUT2D eigenvalue weighted by molar-refractivity contribution is 7.13. The molecule has 1 aromatic carbocycles. The van der Waals surface area contributed by atoms with Crippen LogP contribution >= 0.6 is 11.3 Å². The van der Waals surface area contributed by atoms with Gasteiger partial charge in [-0.05, 0) is 43.0 Å². The Bertz CT molecular complexity index is 978. The van der Waals surface area contributed by atoms with Gasteiger partial charge in [0, 0.05) is 23.9 Å². The van der Waals surface area contributed by atoms with E-state index in [4.69, 9.17) is 4.74 Å². The van der Waals surface area contributed by atoms with Crippen LogP contribution in [0.5, 0.6) is 0 Å². The Labute approximate surface area is 173 Å². The fraction of sp³-hybridized carbons (Fsp3) is 0.227. The number of ether oxygens (including phenoxy) is 1. The van der Waals surface area contributed by atoms with E-state index >= 15 is 0 Å². The zero-order valence-corrected chi connectivity index (χ0v) is 17.2. The summed E-state index contributed by atoms with van der Waals surface area (Å²) in [5, 5.41) is 9.41. The molecule has 0 aliphatic rings. The van der Waals surface area contributed by atoms with Crippen LogP contribution in [-0.4, -0.2) is 34.3 Å².